The van der Waals surface area contributed by atoms with Crippen LogP contribution in [0.5, 0.6) is 0 Å². The molecule has 3 aliphatic rings. The molecule has 40 heavy (non-hydrogen) atoms. The summed E-state index contributed by atoms with van der Waals surface area (Å²) in [6.07, 6.45) is 4.17. The van der Waals surface area contributed by atoms with Crippen molar-refractivity contribution in [3.8, 4) is 0 Å². The molecule has 3 heterocycles. The molecule has 218 valence electrons. The Bertz CT molecular complexity index is 1180. The predicted octanol–water partition coefficient (Wildman–Crippen LogP) is 4.31. The van der Waals surface area contributed by atoms with Crippen LogP contribution in [0.25, 0.3) is 0 Å². The van der Waals surface area contributed by atoms with Gasteiger partial charge in [0, 0.05) is 6.54 Å². The molecule has 0 aromatic heterocycles. The van der Waals surface area contributed by atoms with Gasteiger partial charge in [0.1, 0.15) is 24.2 Å². The van der Waals surface area contributed by atoms with Crippen LogP contribution in [0.1, 0.15) is 46.1 Å². The maximum Gasteiger partial charge on any atom is 0.313 e. The maximum atomic E-state index is 14.8. The second-order valence-electron chi connectivity index (χ2n) is 11.6. The lowest BCUT2D eigenvalue weighted by atomic mass is 9.62. The first-order valence-corrected chi connectivity index (χ1v) is 14.4. The number of amides is 2. The number of hydrogen-bond donors (Lipinski definition) is 1. The summed E-state index contributed by atoms with van der Waals surface area (Å²) >= 11 is 6.64. The molecule has 3 saturated heterocycles. The van der Waals surface area contributed by atoms with Crippen molar-refractivity contribution < 1.29 is 29.0 Å². The quantitative estimate of drug-likeness (QED) is 0.313. The number of esters is 1. The summed E-state index contributed by atoms with van der Waals surface area (Å²) < 4.78 is 12.3. The van der Waals surface area contributed by atoms with E-state index in [4.69, 9.17) is 21.1 Å². The Morgan fingerprint density at radius 1 is 1.35 bits per heavy atom. The van der Waals surface area contributed by atoms with E-state index in [1.165, 1.54) is 11.0 Å². The van der Waals surface area contributed by atoms with E-state index in [9.17, 15) is 19.5 Å². The first kappa shape index (κ1) is 30.3. The van der Waals surface area contributed by atoms with E-state index in [2.05, 4.69) is 13.2 Å². The van der Waals surface area contributed by atoms with Gasteiger partial charge in [-0.2, -0.15) is 0 Å². The number of hydrogen-bond acceptors (Lipinski definition) is 6. The SMILES string of the molecule is C=CCOC(=O)[C@@H]1[C@H]2C(=O)N([C@@H](CO)[C@@H](C)CC)C(C(=O)N(CC=C)c3c(C)cccc3Cl)C23CC(C)[C@@]1(C)O3. The number of carbonyl (C=O) groups is 3. The van der Waals surface area contributed by atoms with Gasteiger partial charge in [0.05, 0.1) is 34.9 Å². The van der Waals surface area contributed by atoms with Crippen molar-refractivity contribution in [2.24, 2.45) is 23.7 Å². The lowest BCUT2D eigenvalue weighted by molar-refractivity contribution is -0.162. The van der Waals surface area contributed by atoms with Gasteiger partial charge >= 0.3 is 5.97 Å². The molecule has 1 spiro atoms. The second-order valence-corrected chi connectivity index (χ2v) is 12.1. The zero-order valence-electron chi connectivity index (χ0n) is 24.1. The van der Waals surface area contributed by atoms with Crippen LogP contribution in [-0.4, -0.2) is 70.8 Å². The van der Waals surface area contributed by atoms with Crippen molar-refractivity contribution in [3.63, 3.8) is 0 Å². The summed E-state index contributed by atoms with van der Waals surface area (Å²) in [6.45, 7) is 16.9. The largest absolute Gasteiger partial charge is 0.461 e. The van der Waals surface area contributed by atoms with Crippen LogP contribution in [0, 0.1) is 30.6 Å². The van der Waals surface area contributed by atoms with Gasteiger partial charge < -0.3 is 24.4 Å². The third-order valence-electron chi connectivity index (χ3n) is 9.47. The normalized spacial score (nSPS) is 32.0. The summed E-state index contributed by atoms with van der Waals surface area (Å²) in [4.78, 5) is 45.9. The zero-order valence-corrected chi connectivity index (χ0v) is 24.8. The molecule has 1 N–H and O–H groups in total. The Labute approximate surface area is 241 Å². The minimum atomic E-state index is -1.28. The number of aliphatic hydroxyl groups is 1. The fraction of sp³-hybridized carbons (Fsp3) is 0.581. The number of carbonyl (C=O) groups excluding carboxylic acids is 3. The van der Waals surface area contributed by atoms with E-state index in [1.54, 1.807) is 17.0 Å². The van der Waals surface area contributed by atoms with Crippen molar-refractivity contribution in [2.45, 2.75) is 70.7 Å². The van der Waals surface area contributed by atoms with Crippen molar-refractivity contribution in [1.82, 2.24) is 4.90 Å². The standard InChI is InChI=1S/C31H41ClN2O6/c1-8-14-33(25-19(5)12-11-13-21(25)32)28(37)26-31-16-20(6)30(7,40-31)24(29(38)39-15-9-2)23(31)27(36)34(26)22(17-35)18(4)10-3/h8-9,11-13,18,20,22-24,26,35H,1-2,10,14-17H2,3-7H3/t18-,20?,22-,23-,24-,26?,30+,31?/m0/s1. The third kappa shape index (κ3) is 4.39. The summed E-state index contributed by atoms with van der Waals surface area (Å²) in [5.41, 5.74) is -0.969. The van der Waals surface area contributed by atoms with E-state index < -0.39 is 41.1 Å². The smallest absolute Gasteiger partial charge is 0.313 e. The van der Waals surface area contributed by atoms with E-state index in [1.807, 2.05) is 46.8 Å². The van der Waals surface area contributed by atoms with Gasteiger partial charge in [-0.1, -0.05) is 69.7 Å². The Morgan fingerprint density at radius 3 is 2.62 bits per heavy atom. The molecule has 2 amide bonds. The number of halogens is 1. The Hall–Kier alpha value is -2.68. The molecule has 1 aromatic rings. The van der Waals surface area contributed by atoms with Crippen molar-refractivity contribution in [2.75, 3.05) is 24.7 Å². The monoisotopic (exact) mass is 572 g/mol. The summed E-state index contributed by atoms with van der Waals surface area (Å²) in [6, 6.07) is 3.65. The molecule has 0 radical (unpaired) electrons. The predicted molar refractivity (Wildman–Crippen MR) is 154 cm³/mol. The summed E-state index contributed by atoms with van der Waals surface area (Å²) in [5, 5.41) is 11.0. The number of rotatable bonds is 11. The molecule has 8 atom stereocenters. The van der Waals surface area contributed by atoms with Gasteiger partial charge in [-0.3, -0.25) is 14.4 Å². The number of para-hydroxylation sites is 1. The van der Waals surface area contributed by atoms with Gasteiger partial charge in [-0.15, -0.1) is 6.58 Å². The first-order chi connectivity index (χ1) is 18.9. The maximum absolute atomic E-state index is 14.8. The average molecular weight is 573 g/mol. The summed E-state index contributed by atoms with van der Waals surface area (Å²) in [7, 11) is 0. The van der Waals surface area contributed by atoms with Crippen molar-refractivity contribution in [1.29, 1.82) is 0 Å². The minimum Gasteiger partial charge on any atom is -0.461 e. The Balaban J connectivity index is 1.92. The number of benzene rings is 1. The topological polar surface area (TPSA) is 96.4 Å². The molecule has 2 bridgehead atoms. The first-order valence-electron chi connectivity index (χ1n) is 14.0. The van der Waals surface area contributed by atoms with E-state index in [0.29, 0.717) is 23.6 Å². The highest BCUT2D eigenvalue weighted by molar-refractivity contribution is 6.34. The lowest BCUT2D eigenvalue weighted by Crippen LogP contribution is -2.60. The molecular formula is C31H41ClN2O6. The number of fused-ring (bicyclic) bond motifs is 1. The number of ether oxygens (including phenoxy) is 2. The van der Waals surface area contributed by atoms with E-state index in [-0.39, 0.29) is 43.4 Å². The van der Waals surface area contributed by atoms with E-state index in [0.717, 1.165) is 5.56 Å². The van der Waals surface area contributed by atoms with Crippen LogP contribution < -0.4 is 4.90 Å². The molecule has 3 unspecified atom stereocenters. The highest BCUT2D eigenvalue weighted by Crippen LogP contribution is 2.66. The number of anilines is 1. The molecule has 0 saturated carbocycles. The highest BCUT2D eigenvalue weighted by Gasteiger charge is 2.81. The second kappa shape index (κ2) is 11.3. The molecule has 8 nitrogen and oxygen atoms in total. The molecule has 4 rings (SSSR count). The van der Waals surface area contributed by atoms with E-state index >= 15 is 0 Å². The van der Waals surface area contributed by atoms with Gasteiger partial charge in [0.2, 0.25) is 5.91 Å². The van der Waals surface area contributed by atoms with Crippen LogP contribution in [0.3, 0.4) is 0 Å². The number of aryl methyl sites for hydroxylation is 1. The fourth-order valence-electron chi connectivity index (χ4n) is 7.25. The van der Waals surface area contributed by atoms with Crippen molar-refractivity contribution in [3.05, 3.63) is 54.1 Å². The Morgan fingerprint density at radius 2 is 2.05 bits per heavy atom. The average Bonchev–Trinajstić information content (AvgIpc) is 3.43. The summed E-state index contributed by atoms with van der Waals surface area (Å²) in [5.74, 6) is -3.40. The van der Waals surface area contributed by atoms with Crippen LogP contribution in [-0.2, 0) is 23.9 Å². The number of aliphatic hydroxyl groups excluding tert-OH is 1. The molecular weight excluding hydrogens is 532 g/mol. The molecule has 3 fully saturated rings. The van der Waals surface area contributed by atoms with Crippen LogP contribution >= 0.6 is 11.6 Å². The zero-order chi connectivity index (χ0) is 29.6. The molecule has 1 aromatic carbocycles. The highest BCUT2D eigenvalue weighted by atomic mass is 35.5. The van der Waals surface area contributed by atoms with Gasteiger partial charge in [0.25, 0.3) is 5.91 Å². The van der Waals surface area contributed by atoms with Crippen LogP contribution in [0.2, 0.25) is 5.02 Å². The molecule has 9 heteroatoms. The fourth-order valence-corrected chi connectivity index (χ4v) is 7.57. The van der Waals surface area contributed by atoms with Gasteiger partial charge in [-0.25, -0.2) is 0 Å². The van der Waals surface area contributed by atoms with Crippen LogP contribution in [0.4, 0.5) is 5.69 Å². The number of likely N-dealkylation sites (tertiary alicyclic amines) is 1. The minimum absolute atomic E-state index is 0.00477. The third-order valence-corrected chi connectivity index (χ3v) is 9.77. The van der Waals surface area contributed by atoms with Gasteiger partial charge in [0.15, 0.2) is 0 Å². The molecule has 3 aliphatic heterocycles. The number of nitrogens with zero attached hydrogens (tertiary/aromatic N) is 2. The Kier molecular flexibility index (Phi) is 8.56. The van der Waals surface area contributed by atoms with Crippen LogP contribution in [0.15, 0.2) is 43.5 Å². The van der Waals surface area contributed by atoms with Gasteiger partial charge in [-0.05, 0) is 43.7 Å². The lowest BCUT2D eigenvalue weighted by Gasteiger charge is -2.41. The van der Waals surface area contributed by atoms with Crippen molar-refractivity contribution >= 4 is 35.1 Å². The molecule has 0 aliphatic carbocycles.